The molecule has 1 heterocycles. The second kappa shape index (κ2) is 3.22. The molecule has 0 N–H and O–H groups in total. The van der Waals surface area contributed by atoms with E-state index in [2.05, 4.69) is 10.9 Å². The van der Waals surface area contributed by atoms with Gasteiger partial charge < -0.3 is 0 Å². The average Bonchev–Trinajstić information content (AvgIpc) is 2.69. The van der Waals surface area contributed by atoms with E-state index < -0.39 is 0 Å². The maximum atomic E-state index is 5.61. The van der Waals surface area contributed by atoms with Crippen molar-refractivity contribution in [3.05, 3.63) is 30.1 Å². The molecule has 1 fully saturated rings. The van der Waals surface area contributed by atoms with Crippen LogP contribution in [0.2, 0.25) is 0 Å². The minimum atomic E-state index is -0.0543. The van der Waals surface area contributed by atoms with Gasteiger partial charge in [0.2, 0.25) is 0 Å². The number of hydrogen-bond acceptors (Lipinski definition) is 1. The van der Waals surface area contributed by atoms with E-state index in [9.17, 15) is 0 Å². The summed E-state index contributed by atoms with van der Waals surface area (Å²) in [7, 11) is 0. The van der Waals surface area contributed by atoms with E-state index in [0.717, 1.165) is 18.5 Å². The number of terminal acetylenes is 1. The lowest BCUT2D eigenvalue weighted by atomic mass is 9.83. The Kier molecular flexibility index (Phi) is 2.06. The first-order valence-corrected chi connectivity index (χ1v) is 4.77. The van der Waals surface area contributed by atoms with Gasteiger partial charge in [-0.3, -0.25) is 4.98 Å². The smallest absolute Gasteiger partial charge is 0.0731 e. The van der Waals surface area contributed by atoms with Gasteiger partial charge in [0.15, 0.2) is 0 Å². The molecule has 66 valence electrons. The predicted octanol–water partition coefficient (Wildman–Crippen LogP) is 2.53. The van der Waals surface area contributed by atoms with Gasteiger partial charge in [0.05, 0.1) is 11.1 Å². The van der Waals surface area contributed by atoms with Gasteiger partial charge in [-0.15, -0.1) is 6.42 Å². The summed E-state index contributed by atoms with van der Waals surface area (Å²) in [5.74, 6) is 2.93. The van der Waals surface area contributed by atoms with Gasteiger partial charge >= 0.3 is 0 Å². The minimum absolute atomic E-state index is 0.0543. The Labute approximate surface area is 79.2 Å². The zero-order valence-corrected chi connectivity index (χ0v) is 7.66. The van der Waals surface area contributed by atoms with Crippen molar-refractivity contribution in [2.75, 3.05) is 0 Å². The summed E-state index contributed by atoms with van der Waals surface area (Å²) in [5.41, 5.74) is 1.02. The van der Waals surface area contributed by atoms with Crippen molar-refractivity contribution in [1.82, 2.24) is 4.98 Å². The maximum Gasteiger partial charge on any atom is 0.0731 e. The molecule has 13 heavy (non-hydrogen) atoms. The van der Waals surface area contributed by atoms with Crippen LogP contribution in [0.4, 0.5) is 0 Å². The standard InChI is InChI=1S/C12H13N/c1-2-12(8-4-5-9-12)11-7-3-6-10-13-11/h1,3,6-7,10H,4-5,8-9H2. The lowest BCUT2D eigenvalue weighted by Gasteiger charge is -2.21. The number of rotatable bonds is 1. The highest BCUT2D eigenvalue weighted by Crippen LogP contribution is 2.39. The molecule has 0 aromatic carbocycles. The van der Waals surface area contributed by atoms with Gasteiger partial charge in [-0.05, 0) is 25.0 Å². The first-order chi connectivity index (χ1) is 6.37. The highest BCUT2D eigenvalue weighted by atomic mass is 14.7. The highest BCUT2D eigenvalue weighted by Gasteiger charge is 2.34. The first kappa shape index (κ1) is 8.31. The quantitative estimate of drug-likeness (QED) is 0.592. The Hall–Kier alpha value is -1.29. The third-order valence-electron chi connectivity index (χ3n) is 2.89. The fourth-order valence-electron chi connectivity index (χ4n) is 2.10. The summed E-state index contributed by atoms with van der Waals surface area (Å²) in [4.78, 5) is 4.36. The fourth-order valence-corrected chi connectivity index (χ4v) is 2.10. The molecule has 0 atom stereocenters. The molecule has 0 aliphatic heterocycles. The molecule has 1 aromatic heterocycles. The highest BCUT2D eigenvalue weighted by molar-refractivity contribution is 5.29. The first-order valence-electron chi connectivity index (χ1n) is 4.77. The molecular formula is C12H13N. The third-order valence-corrected chi connectivity index (χ3v) is 2.89. The Bertz CT molecular complexity index is 315. The van der Waals surface area contributed by atoms with E-state index in [0.29, 0.717) is 0 Å². The fraction of sp³-hybridized carbons (Fsp3) is 0.417. The van der Waals surface area contributed by atoms with Gasteiger partial charge in [-0.25, -0.2) is 0 Å². The van der Waals surface area contributed by atoms with E-state index >= 15 is 0 Å². The molecule has 0 amide bonds. The molecule has 1 heteroatoms. The molecule has 1 aliphatic carbocycles. The van der Waals surface area contributed by atoms with Crippen molar-refractivity contribution in [3.8, 4) is 12.3 Å². The van der Waals surface area contributed by atoms with Gasteiger partial charge in [-0.2, -0.15) is 0 Å². The van der Waals surface area contributed by atoms with Gasteiger partial charge in [-0.1, -0.05) is 24.8 Å². The Morgan fingerprint density at radius 2 is 2.08 bits per heavy atom. The van der Waals surface area contributed by atoms with Gasteiger partial charge in [0, 0.05) is 6.20 Å². The largest absolute Gasteiger partial charge is 0.260 e. The molecule has 2 rings (SSSR count). The number of hydrogen-bond donors (Lipinski definition) is 0. The maximum absolute atomic E-state index is 5.61. The average molecular weight is 171 g/mol. The predicted molar refractivity (Wildman–Crippen MR) is 53.2 cm³/mol. The number of nitrogens with zero attached hydrogens (tertiary/aromatic N) is 1. The van der Waals surface area contributed by atoms with Crippen LogP contribution < -0.4 is 0 Å². The van der Waals surface area contributed by atoms with Crippen LogP contribution in [0, 0.1) is 12.3 Å². The topological polar surface area (TPSA) is 12.9 Å². The van der Waals surface area contributed by atoms with Crippen molar-refractivity contribution < 1.29 is 0 Å². The molecule has 1 aliphatic rings. The summed E-state index contributed by atoms with van der Waals surface area (Å²) >= 11 is 0. The molecular weight excluding hydrogens is 158 g/mol. The molecule has 0 saturated heterocycles. The van der Waals surface area contributed by atoms with Gasteiger partial charge in [0.1, 0.15) is 0 Å². The van der Waals surface area contributed by atoms with Crippen molar-refractivity contribution in [1.29, 1.82) is 0 Å². The van der Waals surface area contributed by atoms with E-state index in [1.54, 1.807) is 0 Å². The van der Waals surface area contributed by atoms with E-state index in [4.69, 9.17) is 6.42 Å². The molecule has 0 bridgehead atoms. The summed E-state index contributed by atoms with van der Waals surface area (Å²) < 4.78 is 0. The van der Waals surface area contributed by atoms with Gasteiger partial charge in [0.25, 0.3) is 0 Å². The normalized spacial score (nSPS) is 19.6. The van der Waals surface area contributed by atoms with Crippen LogP contribution in [0.3, 0.4) is 0 Å². The van der Waals surface area contributed by atoms with E-state index in [-0.39, 0.29) is 5.41 Å². The van der Waals surface area contributed by atoms with Crippen LogP contribution >= 0.6 is 0 Å². The summed E-state index contributed by atoms with van der Waals surface area (Å²) in [5, 5.41) is 0. The Morgan fingerprint density at radius 1 is 1.31 bits per heavy atom. The van der Waals surface area contributed by atoms with Crippen LogP contribution in [-0.4, -0.2) is 4.98 Å². The zero-order chi connectivity index (χ0) is 9.15. The SMILES string of the molecule is C#CC1(c2ccccn2)CCCC1. The van der Waals surface area contributed by atoms with Crippen molar-refractivity contribution >= 4 is 0 Å². The number of aromatic nitrogens is 1. The van der Waals surface area contributed by atoms with E-state index in [1.807, 2.05) is 24.4 Å². The second-order valence-electron chi connectivity index (χ2n) is 3.65. The third kappa shape index (κ3) is 1.33. The van der Waals surface area contributed by atoms with Crippen LogP contribution in [0.5, 0.6) is 0 Å². The molecule has 1 aromatic rings. The van der Waals surface area contributed by atoms with Crippen molar-refractivity contribution in [3.63, 3.8) is 0 Å². The Morgan fingerprint density at radius 3 is 2.62 bits per heavy atom. The zero-order valence-electron chi connectivity index (χ0n) is 7.66. The molecule has 0 radical (unpaired) electrons. The van der Waals surface area contributed by atoms with Crippen molar-refractivity contribution in [2.45, 2.75) is 31.1 Å². The lowest BCUT2D eigenvalue weighted by molar-refractivity contribution is 0.562. The summed E-state index contributed by atoms with van der Waals surface area (Å²) in [6.45, 7) is 0. The minimum Gasteiger partial charge on any atom is -0.260 e. The second-order valence-corrected chi connectivity index (χ2v) is 3.65. The summed E-state index contributed by atoms with van der Waals surface area (Å²) in [6, 6.07) is 5.99. The molecule has 0 spiro atoms. The Balaban J connectivity index is 2.38. The van der Waals surface area contributed by atoms with Crippen LogP contribution in [-0.2, 0) is 5.41 Å². The monoisotopic (exact) mass is 171 g/mol. The molecule has 1 nitrogen and oxygen atoms in total. The lowest BCUT2D eigenvalue weighted by Crippen LogP contribution is -2.20. The molecule has 0 unspecified atom stereocenters. The number of pyridine rings is 1. The van der Waals surface area contributed by atoms with E-state index in [1.165, 1.54) is 12.8 Å². The van der Waals surface area contributed by atoms with Crippen LogP contribution in [0.15, 0.2) is 24.4 Å². The van der Waals surface area contributed by atoms with Crippen molar-refractivity contribution in [2.24, 2.45) is 0 Å². The summed E-state index contributed by atoms with van der Waals surface area (Å²) in [6.07, 6.45) is 12.1. The van der Waals surface area contributed by atoms with Crippen LogP contribution in [0.1, 0.15) is 31.4 Å². The van der Waals surface area contributed by atoms with Crippen LogP contribution in [0.25, 0.3) is 0 Å². The molecule has 1 saturated carbocycles.